The molecule has 0 aliphatic carbocycles. The Kier molecular flexibility index (Phi) is 6.99. The van der Waals surface area contributed by atoms with Gasteiger partial charge in [-0.2, -0.15) is 5.10 Å². The zero-order valence-electron chi connectivity index (χ0n) is 14.8. The predicted octanol–water partition coefficient (Wildman–Crippen LogP) is 1.86. The number of fused-ring (bicyclic) bond motifs is 1. The molecule has 3 N–H and O–H groups in total. The van der Waals surface area contributed by atoms with Gasteiger partial charge in [0.1, 0.15) is 0 Å². The van der Waals surface area contributed by atoms with Crippen molar-refractivity contribution in [3.63, 3.8) is 0 Å². The summed E-state index contributed by atoms with van der Waals surface area (Å²) in [6, 6.07) is 8.35. The lowest BCUT2D eigenvalue weighted by Gasteiger charge is -2.15. The minimum atomic E-state index is -0.118. The monoisotopic (exact) mass is 363 g/mol. The fourth-order valence-electron chi connectivity index (χ4n) is 2.94. The smallest absolute Gasteiger partial charge is 0.272 e. The summed E-state index contributed by atoms with van der Waals surface area (Å²) in [6.45, 7) is 6.21. The van der Waals surface area contributed by atoms with Gasteiger partial charge >= 0.3 is 0 Å². The maximum absolute atomic E-state index is 12.4. The molecule has 3 rings (SSSR count). The predicted molar refractivity (Wildman–Crippen MR) is 101 cm³/mol. The Labute approximate surface area is 154 Å². The second-order valence-electron chi connectivity index (χ2n) is 6.29. The summed E-state index contributed by atoms with van der Waals surface area (Å²) in [5, 5.41) is 13.4. The molecule has 0 saturated carbocycles. The zero-order valence-corrected chi connectivity index (χ0v) is 15.6. The van der Waals surface area contributed by atoms with Crippen LogP contribution in [0, 0.1) is 0 Å². The van der Waals surface area contributed by atoms with E-state index in [0.29, 0.717) is 18.8 Å². The fourth-order valence-corrected chi connectivity index (χ4v) is 2.94. The van der Waals surface area contributed by atoms with Gasteiger partial charge in [0.25, 0.3) is 5.91 Å². The van der Waals surface area contributed by atoms with Crippen molar-refractivity contribution < 1.29 is 4.79 Å². The summed E-state index contributed by atoms with van der Waals surface area (Å²) in [5.41, 5.74) is 4.94. The number of amides is 1. The Morgan fingerprint density at radius 3 is 2.96 bits per heavy atom. The third-order valence-electron chi connectivity index (χ3n) is 4.46. The maximum atomic E-state index is 12.4. The van der Waals surface area contributed by atoms with Crippen LogP contribution in [0.15, 0.2) is 24.3 Å². The molecule has 1 aliphatic heterocycles. The Hall–Kier alpha value is -1.89. The third kappa shape index (κ3) is 4.81. The van der Waals surface area contributed by atoms with Crippen LogP contribution in [0.25, 0.3) is 0 Å². The Morgan fingerprint density at radius 2 is 2.16 bits per heavy atom. The van der Waals surface area contributed by atoms with Crippen molar-refractivity contribution in [1.82, 2.24) is 25.7 Å². The van der Waals surface area contributed by atoms with Crippen LogP contribution >= 0.6 is 12.4 Å². The standard InChI is InChI=1S/C18H25N5O.ClH/c1-3-23(2)12-14-6-4-5-13(9-14)10-20-18(24)17-15-11-19-8-7-16(15)21-22-17;/h4-6,9,19H,3,7-8,10-12H2,1-2H3,(H,20,24)(H,21,22);1H. The SMILES string of the molecule is CCN(C)Cc1cccc(CNC(=O)c2n[nH]c3c2CNCC3)c1.Cl. The van der Waals surface area contributed by atoms with Crippen LogP contribution in [0.2, 0.25) is 0 Å². The average Bonchev–Trinajstić information content (AvgIpc) is 3.04. The van der Waals surface area contributed by atoms with Gasteiger partial charge in [0, 0.05) is 43.9 Å². The van der Waals surface area contributed by atoms with Crippen LogP contribution in [-0.2, 0) is 26.1 Å². The molecule has 2 aromatic rings. The summed E-state index contributed by atoms with van der Waals surface area (Å²) >= 11 is 0. The van der Waals surface area contributed by atoms with E-state index in [9.17, 15) is 4.79 Å². The van der Waals surface area contributed by atoms with Gasteiger partial charge in [-0.25, -0.2) is 0 Å². The molecule has 7 heteroatoms. The molecule has 1 amide bonds. The molecular formula is C18H26ClN5O. The molecule has 0 bridgehead atoms. The lowest BCUT2D eigenvalue weighted by molar-refractivity contribution is 0.0944. The second-order valence-corrected chi connectivity index (χ2v) is 6.29. The van der Waals surface area contributed by atoms with Crippen molar-refractivity contribution >= 4 is 18.3 Å². The summed E-state index contributed by atoms with van der Waals surface area (Å²) < 4.78 is 0. The summed E-state index contributed by atoms with van der Waals surface area (Å²) in [4.78, 5) is 14.7. The molecule has 6 nitrogen and oxygen atoms in total. The van der Waals surface area contributed by atoms with E-state index in [4.69, 9.17) is 0 Å². The number of halogens is 1. The highest BCUT2D eigenvalue weighted by Crippen LogP contribution is 2.15. The van der Waals surface area contributed by atoms with Crippen LogP contribution in [-0.4, -0.2) is 41.1 Å². The van der Waals surface area contributed by atoms with E-state index in [0.717, 1.165) is 42.9 Å². The topological polar surface area (TPSA) is 73.0 Å². The second kappa shape index (κ2) is 8.99. The fraction of sp³-hybridized carbons (Fsp3) is 0.444. The van der Waals surface area contributed by atoms with E-state index >= 15 is 0 Å². The number of aromatic nitrogens is 2. The molecule has 0 unspecified atom stereocenters. The molecule has 0 spiro atoms. The number of nitrogens with one attached hydrogen (secondary N) is 3. The number of nitrogens with zero attached hydrogens (tertiary/aromatic N) is 2. The number of carbonyl (C=O) groups excluding carboxylic acids is 1. The molecule has 1 aromatic heterocycles. The molecule has 0 radical (unpaired) electrons. The van der Waals surface area contributed by atoms with Gasteiger partial charge in [0.2, 0.25) is 0 Å². The number of aromatic amines is 1. The third-order valence-corrected chi connectivity index (χ3v) is 4.46. The molecule has 1 aliphatic rings. The van der Waals surface area contributed by atoms with Gasteiger partial charge in [0.15, 0.2) is 5.69 Å². The highest BCUT2D eigenvalue weighted by molar-refractivity contribution is 5.94. The summed E-state index contributed by atoms with van der Waals surface area (Å²) in [7, 11) is 2.10. The van der Waals surface area contributed by atoms with Gasteiger partial charge in [-0.1, -0.05) is 31.2 Å². The van der Waals surface area contributed by atoms with Crippen LogP contribution in [0.1, 0.15) is 39.8 Å². The van der Waals surface area contributed by atoms with Gasteiger partial charge in [-0.05, 0) is 24.7 Å². The van der Waals surface area contributed by atoms with Crippen LogP contribution in [0.3, 0.4) is 0 Å². The first-order valence-electron chi connectivity index (χ1n) is 8.48. The van der Waals surface area contributed by atoms with Gasteiger partial charge < -0.3 is 15.5 Å². The molecule has 1 aromatic carbocycles. The average molecular weight is 364 g/mol. The highest BCUT2D eigenvalue weighted by Gasteiger charge is 2.21. The number of carbonyl (C=O) groups is 1. The Bertz CT molecular complexity index is 715. The number of hydrogen-bond acceptors (Lipinski definition) is 4. The van der Waals surface area contributed by atoms with Crippen LogP contribution < -0.4 is 10.6 Å². The Balaban J connectivity index is 0.00000225. The van der Waals surface area contributed by atoms with E-state index in [1.54, 1.807) is 0 Å². The molecule has 2 heterocycles. The minimum absolute atomic E-state index is 0. The maximum Gasteiger partial charge on any atom is 0.272 e. The normalized spacial score (nSPS) is 13.2. The minimum Gasteiger partial charge on any atom is -0.347 e. The summed E-state index contributed by atoms with van der Waals surface area (Å²) in [6.07, 6.45) is 0.891. The molecule has 0 atom stereocenters. The van der Waals surface area contributed by atoms with Crippen molar-refractivity contribution in [3.8, 4) is 0 Å². The van der Waals surface area contributed by atoms with Crippen molar-refractivity contribution in [2.75, 3.05) is 20.1 Å². The largest absolute Gasteiger partial charge is 0.347 e. The first-order chi connectivity index (χ1) is 11.7. The first kappa shape index (κ1) is 19.4. The van der Waals surface area contributed by atoms with Gasteiger partial charge in [-0.3, -0.25) is 9.89 Å². The lowest BCUT2D eigenvalue weighted by Crippen LogP contribution is -2.28. The van der Waals surface area contributed by atoms with Crippen molar-refractivity contribution in [1.29, 1.82) is 0 Å². The molecule has 136 valence electrons. The van der Waals surface area contributed by atoms with E-state index in [2.05, 4.69) is 51.8 Å². The van der Waals surface area contributed by atoms with Gasteiger partial charge in [-0.15, -0.1) is 12.4 Å². The number of benzene rings is 1. The molecular weight excluding hydrogens is 338 g/mol. The highest BCUT2D eigenvalue weighted by atomic mass is 35.5. The summed E-state index contributed by atoms with van der Waals surface area (Å²) in [5.74, 6) is -0.118. The van der Waals surface area contributed by atoms with E-state index in [-0.39, 0.29) is 18.3 Å². The molecule has 0 fully saturated rings. The molecule has 25 heavy (non-hydrogen) atoms. The van der Waals surface area contributed by atoms with Gasteiger partial charge in [0.05, 0.1) is 0 Å². The van der Waals surface area contributed by atoms with Crippen LogP contribution in [0.4, 0.5) is 0 Å². The van der Waals surface area contributed by atoms with Crippen molar-refractivity contribution in [2.45, 2.75) is 33.0 Å². The quantitative estimate of drug-likeness (QED) is 0.732. The number of rotatable bonds is 6. The zero-order chi connectivity index (χ0) is 16.9. The van der Waals surface area contributed by atoms with Crippen molar-refractivity contribution in [3.05, 3.63) is 52.3 Å². The van der Waals surface area contributed by atoms with Crippen molar-refractivity contribution in [2.24, 2.45) is 0 Å². The number of hydrogen-bond donors (Lipinski definition) is 3. The Morgan fingerprint density at radius 1 is 1.36 bits per heavy atom. The molecule has 0 saturated heterocycles. The lowest BCUT2D eigenvalue weighted by atomic mass is 10.1. The van der Waals surface area contributed by atoms with E-state index in [1.165, 1.54) is 5.56 Å². The first-order valence-corrected chi connectivity index (χ1v) is 8.48. The van der Waals surface area contributed by atoms with E-state index in [1.807, 2.05) is 12.1 Å². The van der Waals surface area contributed by atoms with Crippen LogP contribution in [0.5, 0.6) is 0 Å². The van der Waals surface area contributed by atoms with E-state index < -0.39 is 0 Å². The number of H-pyrrole nitrogens is 1.